The van der Waals surface area contributed by atoms with Crippen LogP contribution in [0.3, 0.4) is 0 Å². The van der Waals surface area contributed by atoms with Gasteiger partial charge in [0.25, 0.3) is 11.3 Å². The summed E-state index contributed by atoms with van der Waals surface area (Å²) in [6, 6.07) is 1.89. The Bertz CT molecular complexity index is 956. The number of aryl methyl sites for hydroxylation is 1. The molecule has 1 saturated heterocycles. The van der Waals surface area contributed by atoms with Crippen molar-refractivity contribution in [2.24, 2.45) is 0 Å². The number of hydrogen-bond acceptors (Lipinski definition) is 7. The summed E-state index contributed by atoms with van der Waals surface area (Å²) < 4.78 is 1.78. The number of aromatic amines is 1. The maximum atomic E-state index is 11.4. The van der Waals surface area contributed by atoms with Gasteiger partial charge in [-0.1, -0.05) is 0 Å². The Hall–Kier alpha value is -2.97. The minimum Gasteiger partial charge on any atom is -0.366 e. The van der Waals surface area contributed by atoms with Crippen LogP contribution in [0.4, 0.5) is 11.5 Å². The van der Waals surface area contributed by atoms with Crippen molar-refractivity contribution in [3.05, 3.63) is 40.2 Å². The number of aromatic nitrogens is 6. The molecule has 0 amide bonds. The molecule has 4 heterocycles. The Kier molecular flexibility index (Phi) is 3.22. The summed E-state index contributed by atoms with van der Waals surface area (Å²) in [5.41, 5.74) is 2.70. The molecule has 0 atom stereocenters. The minimum absolute atomic E-state index is 0.186. The number of likely N-dealkylation sites (N-methyl/N-ethyl adjacent to an activating group) is 1. The van der Waals surface area contributed by atoms with E-state index in [1.165, 1.54) is 6.33 Å². The molecule has 3 aromatic heterocycles. The molecule has 1 N–H and O–H groups in total. The van der Waals surface area contributed by atoms with Gasteiger partial charge in [0.1, 0.15) is 12.1 Å². The van der Waals surface area contributed by atoms with Crippen LogP contribution < -0.4 is 15.4 Å². The average Bonchev–Trinajstić information content (AvgIpc) is 2.94. The van der Waals surface area contributed by atoms with Crippen molar-refractivity contribution >= 4 is 17.3 Å². The van der Waals surface area contributed by atoms with Crippen LogP contribution in [-0.4, -0.2) is 56.0 Å². The van der Waals surface area contributed by atoms with E-state index >= 15 is 0 Å². The molecule has 24 heavy (non-hydrogen) atoms. The van der Waals surface area contributed by atoms with Gasteiger partial charge in [-0.3, -0.25) is 4.79 Å². The first-order valence-corrected chi connectivity index (χ1v) is 7.74. The fourth-order valence-electron chi connectivity index (χ4n) is 3.05. The monoisotopic (exact) mass is 326 g/mol. The van der Waals surface area contributed by atoms with E-state index in [1.807, 2.05) is 13.8 Å². The van der Waals surface area contributed by atoms with Crippen LogP contribution in [0.2, 0.25) is 0 Å². The van der Waals surface area contributed by atoms with Crippen LogP contribution in [0.15, 0.2) is 23.4 Å². The van der Waals surface area contributed by atoms with Crippen molar-refractivity contribution in [1.82, 2.24) is 29.8 Å². The van der Waals surface area contributed by atoms with E-state index in [4.69, 9.17) is 0 Å². The third kappa shape index (κ3) is 2.20. The molecule has 9 heteroatoms. The minimum atomic E-state index is -0.186. The highest BCUT2D eigenvalue weighted by atomic mass is 16.1. The summed E-state index contributed by atoms with van der Waals surface area (Å²) in [4.78, 5) is 24.4. The normalized spacial score (nSPS) is 14.9. The number of anilines is 2. The first-order chi connectivity index (χ1) is 11.5. The van der Waals surface area contributed by atoms with E-state index in [0.717, 1.165) is 35.9 Å². The summed E-state index contributed by atoms with van der Waals surface area (Å²) in [5.74, 6) is 1.61. The third-order valence-electron chi connectivity index (χ3n) is 4.64. The van der Waals surface area contributed by atoms with Gasteiger partial charge in [-0.15, -0.1) is 0 Å². The van der Waals surface area contributed by atoms with E-state index in [2.05, 4.69) is 42.1 Å². The molecule has 0 aliphatic carbocycles. The van der Waals surface area contributed by atoms with Crippen LogP contribution in [0.25, 0.3) is 5.78 Å². The first kappa shape index (κ1) is 14.6. The lowest BCUT2D eigenvalue weighted by molar-refractivity contribution is 0.489. The molecule has 124 valence electrons. The van der Waals surface area contributed by atoms with Crippen LogP contribution in [-0.2, 0) is 0 Å². The molecule has 0 bridgehead atoms. The maximum Gasteiger partial charge on any atom is 0.266 e. The predicted molar refractivity (Wildman–Crippen MR) is 89.5 cm³/mol. The largest absolute Gasteiger partial charge is 0.366 e. The van der Waals surface area contributed by atoms with Gasteiger partial charge in [-0.05, 0) is 13.8 Å². The Balaban J connectivity index is 1.60. The number of fused-ring (bicyclic) bond motifs is 1. The second kappa shape index (κ2) is 5.29. The van der Waals surface area contributed by atoms with Crippen molar-refractivity contribution in [1.29, 1.82) is 0 Å². The molecule has 0 unspecified atom stereocenters. The molecule has 0 saturated carbocycles. The molecule has 1 aliphatic heterocycles. The quantitative estimate of drug-likeness (QED) is 0.732. The summed E-state index contributed by atoms with van der Waals surface area (Å²) in [6.45, 7) is 5.67. The summed E-state index contributed by atoms with van der Waals surface area (Å²) >= 11 is 0. The van der Waals surface area contributed by atoms with Crippen molar-refractivity contribution in [2.75, 3.05) is 29.9 Å². The van der Waals surface area contributed by atoms with Crippen LogP contribution in [0.1, 0.15) is 11.3 Å². The van der Waals surface area contributed by atoms with Crippen molar-refractivity contribution < 1.29 is 0 Å². The molecule has 3 aromatic rings. The lowest BCUT2D eigenvalue weighted by Crippen LogP contribution is -2.59. The van der Waals surface area contributed by atoms with Gasteiger partial charge < -0.3 is 9.80 Å². The van der Waals surface area contributed by atoms with Crippen molar-refractivity contribution in [3.63, 3.8) is 0 Å². The molecule has 4 rings (SSSR count). The summed E-state index contributed by atoms with van der Waals surface area (Å²) in [5, 5.41) is 10.6. The van der Waals surface area contributed by atoms with E-state index < -0.39 is 0 Å². The highest BCUT2D eigenvalue weighted by Gasteiger charge is 2.32. The maximum absolute atomic E-state index is 11.4. The molecule has 0 radical (unpaired) electrons. The van der Waals surface area contributed by atoms with Gasteiger partial charge in [-0.2, -0.15) is 19.7 Å². The Morgan fingerprint density at radius 3 is 2.88 bits per heavy atom. The van der Waals surface area contributed by atoms with E-state index in [1.54, 1.807) is 16.8 Å². The van der Waals surface area contributed by atoms with Crippen LogP contribution >= 0.6 is 0 Å². The lowest BCUT2D eigenvalue weighted by atomic mass is 10.1. The number of H-pyrrole nitrogens is 1. The average molecular weight is 326 g/mol. The van der Waals surface area contributed by atoms with E-state index in [-0.39, 0.29) is 5.56 Å². The highest BCUT2D eigenvalue weighted by Crippen LogP contribution is 2.28. The zero-order chi connectivity index (χ0) is 16.8. The van der Waals surface area contributed by atoms with Gasteiger partial charge in [0.15, 0.2) is 0 Å². The van der Waals surface area contributed by atoms with Gasteiger partial charge >= 0.3 is 0 Å². The SMILES string of the molecule is Cc1nc2ncnn2c(N(C)C2CN(c3cn[nH]c(=O)c3)C2)c1C. The zero-order valence-corrected chi connectivity index (χ0v) is 13.8. The molecule has 1 fully saturated rings. The fourth-order valence-corrected chi connectivity index (χ4v) is 3.05. The smallest absolute Gasteiger partial charge is 0.266 e. The number of nitrogens with zero attached hydrogens (tertiary/aromatic N) is 7. The van der Waals surface area contributed by atoms with E-state index in [9.17, 15) is 4.79 Å². The molecular weight excluding hydrogens is 308 g/mol. The Morgan fingerprint density at radius 1 is 1.33 bits per heavy atom. The number of nitrogens with one attached hydrogen (secondary N) is 1. The van der Waals surface area contributed by atoms with Gasteiger partial charge in [0, 0.05) is 37.5 Å². The lowest BCUT2D eigenvalue weighted by Gasteiger charge is -2.46. The van der Waals surface area contributed by atoms with Crippen molar-refractivity contribution in [3.8, 4) is 0 Å². The second-order valence-electron chi connectivity index (χ2n) is 6.09. The summed E-state index contributed by atoms with van der Waals surface area (Å²) in [7, 11) is 2.06. The van der Waals surface area contributed by atoms with Gasteiger partial charge in [0.05, 0.1) is 17.9 Å². The third-order valence-corrected chi connectivity index (χ3v) is 4.64. The predicted octanol–water partition coefficient (Wildman–Crippen LogP) is 0.149. The molecule has 9 nitrogen and oxygen atoms in total. The van der Waals surface area contributed by atoms with Crippen LogP contribution in [0, 0.1) is 13.8 Å². The van der Waals surface area contributed by atoms with Gasteiger partial charge in [0.2, 0.25) is 0 Å². The molecule has 0 aromatic carbocycles. The first-order valence-electron chi connectivity index (χ1n) is 7.74. The second-order valence-corrected chi connectivity index (χ2v) is 6.09. The fraction of sp³-hybridized carbons (Fsp3) is 0.400. The highest BCUT2D eigenvalue weighted by molar-refractivity contribution is 5.57. The summed E-state index contributed by atoms with van der Waals surface area (Å²) in [6.07, 6.45) is 3.20. The van der Waals surface area contributed by atoms with Gasteiger partial charge in [-0.25, -0.2) is 10.1 Å². The van der Waals surface area contributed by atoms with E-state index in [0.29, 0.717) is 11.8 Å². The number of hydrogen-bond donors (Lipinski definition) is 1. The van der Waals surface area contributed by atoms with Crippen LogP contribution in [0.5, 0.6) is 0 Å². The molecular formula is C15H18N8O. The number of rotatable bonds is 3. The Labute approximate surface area is 138 Å². The molecule has 1 aliphatic rings. The topological polar surface area (TPSA) is 95.3 Å². The standard InChI is InChI=1S/C15H18N8O/c1-9-10(2)19-15-16-8-18-23(15)14(9)21(3)12-6-22(7-12)11-4-13(24)20-17-5-11/h4-5,8,12H,6-7H2,1-3H3,(H,20,24). The van der Waals surface area contributed by atoms with Crippen molar-refractivity contribution in [2.45, 2.75) is 19.9 Å². The zero-order valence-electron chi connectivity index (χ0n) is 13.8. The Morgan fingerprint density at radius 2 is 2.12 bits per heavy atom. The molecule has 0 spiro atoms.